The molecule has 0 aromatic heterocycles. The summed E-state index contributed by atoms with van der Waals surface area (Å²) in [4.78, 5) is 0. The van der Waals surface area contributed by atoms with Crippen LogP contribution in [0.15, 0.2) is 0 Å². The van der Waals surface area contributed by atoms with Gasteiger partial charge in [-0.05, 0) is 97.2 Å². The Hall–Kier alpha value is -0.0400. The van der Waals surface area contributed by atoms with Gasteiger partial charge in [-0.15, -0.1) is 0 Å². The number of hydrogen-bond acceptors (Lipinski definition) is 1. The van der Waals surface area contributed by atoms with Crippen LogP contribution in [0.4, 0.5) is 0 Å². The van der Waals surface area contributed by atoms with E-state index in [1.807, 2.05) is 0 Å². The minimum absolute atomic E-state index is 0.0208. The molecule has 4 fully saturated rings. The van der Waals surface area contributed by atoms with E-state index < -0.39 is 0 Å². The molecule has 4 aliphatic rings. The van der Waals surface area contributed by atoms with Gasteiger partial charge in [-0.3, -0.25) is 0 Å². The predicted octanol–water partition coefficient (Wildman–Crippen LogP) is 5.66. The molecular weight excluding hydrogens is 280 g/mol. The zero-order valence-corrected chi connectivity index (χ0v) is 16.1. The molecule has 0 aromatic rings. The minimum atomic E-state index is -0.0208. The average molecular weight is 319 g/mol. The first-order chi connectivity index (χ1) is 10.7. The minimum Gasteiger partial charge on any atom is -0.393 e. The van der Waals surface area contributed by atoms with Crippen molar-refractivity contribution in [1.82, 2.24) is 0 Å². The summed E-state index contributed by atoms with van der Waals surface area (Å²) >= 11 is 0. The van der Waals surface area contributed by atoms with E-state index in [1.165, 1.54) is 38.5 Å². The van der Waals surface area contributed by atoms with Crippen molar-refractivity contribution in [1.29, 1.82) is 0 Å². The first-order valence-corrected chi connectivity index (χ1v) is 10.4. The molecular formula is C22H38O. The van der Waals surface area contributed by atoms with E-state index in [1.54, 1.807) is 0 Å². The van der Waals surface area contributed by atoms with Crippen LogP contribution in [-0.4, -0.2) is 11.2 Å². The van der Waals surface area contributed by atoms with Crippen LogP contribution in [0, 0.1) is 45.8 Å². The zero-order chi connectivity index (χ0) is 16.6. The third-order valence-corrected chi connectivity index (χ3v) is 10.2. The summed E-state index contributed by atoms with van der Waals surface area (Å²) in [6, 6.07) is 0. The van der Waals surface area contributed by atoms with Gasteiger partial charge in [0.05, 0.1) is 6.10 Å². The molecule has 23 heavy (non-hydrogen) atoms. The van der Waals surface area contributed by atoms with E-state index in [9.17, 15) is 5.11 Å². The van der Waals surface area contributed by atoms with Crippen LogP contribution in [0.25, 0.3) is 0 Å². The van der Waals surface area contributed by atoms with Crippen LogP contribution in [0.3, 0.4) is 0 Å². The van der Waals surface area contributed by atoms with E-state index >= 15 is 0 Å². The molecule has 4 saturated carbocycles. The second kappa shape index (κ2) is 4.99. The molecule has 0 aromatic carbocycles. The average Bonchev–Trinajstić information content (AvgIpc) is 2.79. The molecule has 4 aliphatic carbocycles. The quantitative estimate of drug-likeness (QED) is 0.611. The molecule has 0 heterocycles. The van der Waals surface area contributed by atoms with Crippen LogP contribution in [0.2, 0.25) is 0 Å². The van der Waals surface area contributed by atoms with Gasteiger partial charge in [-0.2, -0.15) is 0 Å². The van der Waals surface area contributed by atoms with Crippen LogP contribution in [0.1, 0.15) is 86.0 Å². The molecule has 4 rings (SSSR count). The lowest BCUT2D eigenvalue weighted by Crippen LogP contribution is -2.60. The number of hydrogen-bond donors (Lipinski definition) is 1. The Balaban J connectivity index is 1.71. The molecule has 0 amide bonds. The summed E-state index contributed by atoms with van der Waals surface area (Å²) in [5, 5.41) is 10.4. The van der Waals surface area contributed by atoms with Gasteiger partial charge in [-0.1, -0.05) is 34.6 Å². The van der Waals surface area contributed by atoms with E-state index in [-0.39, 0.29) is 6.10 Å². The van der Waals surface area contributed by atoms with Gasteiger partial charge < -0.3 is 5.11 Å². The van der Waals surface area contributed by atoms with Gasteiger partial charge in [0.2, 0.25) is 0 Å². The van der Waals surface area contributed by atoms with Crippen molar-refractivity contribution in [3.63, 3.8) is 0 Å². The highest BCUT2D eigenvalue weighted by Gasteiger charge is 2.63. The van der Waals surface area contributed by atoms with Crippen molar-refractivity contribution < 1.29 is 5.11 Å². The highest BCUT2D eigenvalue weighted by atomic mass is 16.3. The molecule has 1 unspecified atom stereocenters. The first kappa shape index (κ1) is 16.4. The van der Waals surface area contributed by atoms with Gasteiger partial charge in [0.15, 0.2) is 0 Å². The largest absolute Gasteiger partial charge is 0.393 e. The van der Waals surface area contributed by atoms with E-state index in [2.05, 4.69) is 34.6 Å². The number of aliphatic hydroxyl groups excluding tert-OH is 1. The Bertz CT molecular complexity index is 482. The molecule has 8 atom stereocenters. The summed E-state index contributed by atoms with van der Waals surface area (Å²) in [6.07, 6.45) is 10.7. The third kappa shape index (κ3) is 2.01. The molecule has 0 radical (unpaired) electrons. The van der Waals surface area contributed by atoms with Gasteiger partial charge in [-0.25, -0.2) is 0 Å². The Morgan fingerprint density at radius 1 is 0.870 bits per heavy atom. The Morgan fingerprint density at radius 2 is 1.57 bits per heavy atom. The van der Waals surface area contributed by atoms with Gasteiger partial charge in [0.25, 0.3) is 0 Å². The van der Waals surface area contributed by atoms with Crippen LogP contribution in [-0.2, 0) is 0 Å². The Labute approximate surface area is 143 Å². The lowest BCUT2D eigenvalue weighted by atomic mass is 9.38. The van der Waals surface area contributed by atoms with Gasteiger partial charge in [0, 0.05) is 0 Å². The van der Waals surface area contributed by atoms with Crippen molar-refractivity contribution in [3.8, 4) is 0 Å². The summed E-state index contributed by atoms with van der Waals surface area (Å²) in [5.41, 5.74) is 1.42. The molecule has 1 heteroatoms. The maximum absolute atomic E-state index is 10.4. The monoisotopic (exact) mass is 318 g/mol. The SMILES string of the molecule is CC1CC[C@@H]2CC[C@H]3[C@@H]4C[C@@H](O)C[C@@]4(C)CC[C@@H]3[C@@]2(C)C1(C)C. The van der Waals surface area contributed by atoms with Crippen molar-refractivity contribution in [2.45, 2.75) is 92.1 Å². The molecule has 0 spiro atoms. The highest BCUT2D eigenvalue weighted by molar-refractivity contribution is 5.12. The van der Waals surface area contributed by atoms with Crippen LogP contribution >= 0.6 is 0 Å². The van der Waals surface area contributed by atoms with E-state index in [0.29, 0.717) is 16.2 Å². The van der Waals surface area contributed by atoms with Gasteiger partial charge in [0.1, 0.15) is 0 Å². The highest BCUT2D eigenvalue weighted by Crippen LogP contribution is 2.70. The number of rotatable bonds is 0. The standard InChI is InChI=1S/C22H38O/c1-14-6-7-15-8-9-17-18(22(15,5)20(14,2)3)10-11-21(4)13-16(23)12-19(17)21/h14-19,23H,6-13H2,1-5H3/t14?,15-,16-,17-,18+,19+,21-,22+/m1/s1. The Morgan fingerprint density at radius 3 is 2.30 bits per heavy atom. The van der Waals surface area contributed by atoms with Crippen molar-refractivity contribution in [2.24, 2.45) is 45.8 Å². The van der Waals surface area contributed by atoms with Crippen molar-refractivity contribution in [2.75, 3.05) is 0 Å². The van der Waals surface area contributed by atoms with Crippen LogP contribution in [0.5, 0.6) is 0 Å². The molecule has 0 saturated heterocycles. The molecule has 0 aliphatic heterocycles. The van der Waals surface area contributed by atoms with Crippen molar-refractivity contribution in [3.05, 3.63) is 0 Å². The van der Waals surface area contributed by atoms with E-state index in [4.69, 9.17) is 0 Å². The third-order valence-electron chi connectivity index (χ3n) is 10.2. The lowest BCUT2D eigenvalue weighted by molar-refractivity contribution is -0.180. The fourth-order valence-electron chi connectivity index (χ4n) is 8.24. The first-order valence-electron chi connectivity index (χ1n) is 10.4. The number of aliphatic hydroxyl groups is 1. The van der Waals surface area contributed by atoms with Crippen molar-refractivity contribution >= 4 is 0 Å². The lowest BCUT2D eigenvalue weighted by Gasteiger charge is -2.67. The topological polar surface area (TPSA) is 20.2 Å². The molecule has 0 bridgehead atoms. The smallest absolute Gasteiger partial charge is 0.0548 e. The second-order valence-corrected chi connectivity index (χ2v) is 10.9. The number of fused-ring (bicyclic) bond motifs is 5. The fraction of sp³-hybridized carbons (Fsp3) is 1.00. The maximum atomic E-state index is 10.4. The summed E-state index contributed by atoms with van der Waals surface area (Å²) in [7, 11) is 0. The molecule has 1 nitrogen and oxygen atoms in total. The second-order valence-electron chi connectivity index (χ2n) is 10.9. The molecule has 132 valence electrons. The normalized spacial score (nSPS) is 58.2. The summed E-state index contributed by atoms with van der Waals surface area (Å²) in [6.45, 7) is 12.9. The summed E-state index contributed by atoms with van der Waals surface area (Å²) < 4.78 is 0. The predicted molar refractivity (Wildman–Crippen MR) is 96.1 cm³/mol. The molecule has 1 N–H and O–H groups in total. The van der Waals surface area contributed by atoms with Gasteiger partial charge >= 0.3 is 0 Å². The van der Waals surface area contributed by atoms with Crippen LogP contribution < -0.4 is 0 Å². The Kier molecular flexibility index (Phi) is 3.57. The van der Waals surface area contributed by atoms with E-state index in [0.717, 1.165) is 42.4 Å². The zero-order valence-electron chi connectivity index (χ0n) is 16.1. The maximum Gasteiger partial charge on any atom is 0.0548 e. The summed E-state index contributed by atoms with van der Waals surface area (Å²) in [5.74, 6) is 4.39. The fourth-order valence-corrected chi connectivity index (χ4v) is 8.24.